The van der Waals surface area contributed by atoms with Gasteiger partial charge in [0, 0.05) is 18.7 Å². The summed E-state index contributed by atoms with van der Waals surface area (Å²) in [4.78, 5) is 28.7. The number of anilines is 1. The lowest BCUT2D eigenvalue weighted by molar-refractivity contribution is -0.137. The quantitative estimate of drug-likeness (QED) is 0.448. The van der Waals surface area contributed by atoms with E-state index in [1.54, 1.807) is 6.07 Å². The number of nitrogens with zero attached hydrogens (tertiary/aromatic N) is 1. The van der Waals surface area contributed by atoms with E-state index in [-0.39, 0.29) is 12.3 Å². The zero-order chi connectivity index (χ0) is 23.4. The molecule has 0 bridgehead atoms. The number of aliphatic imine (C=N–C) groups is 1. The van der Waals surface area contributed by atoms with Crippen LogP contribution in [0.5, 0.6) is 0 Å². The largest absolute Gasteiger partial charge is 0.481 e. The zero-order valence-electron chi connectivity index (χ0n) is 18.1. The number of carboxylic acids is 1. The predicted molar refractivity (Wildman–Crippen MR) is 126 cm³/mol. The number of hydrogen-bond acceptors (Lipinski definition) is 4. The second-order valence-electron chi connectivity index (χ2n) is 7.94. The highest BCUT2D eigenvalue weighted by molar-refractivity contribution is 6.24. The maximum absolute atomic E-state index is 13.7. The summed E-state index contributed by atoms with van der Waals surface area (Å²) < 4.78 is 13.7. The molecule has 1 aliphatic rings. The Hall–Kier alpha value is -3.84. The molecule has 0 radical (unpaired) electrons. The smallest absolute Gasteiger partial charge is 0.303 e. The Bertz CT molecular complexity index is 1220. The summed E-state index contributed by atoms with van der Waals surface area (Å²) in [5, 5.41) is 14.8. The summed E-state index contributed by atoms with van der Waals surface area (Å²) >= 11 is 0. The zero-order valence-corrected chi connectivity index (χ0v) is 18.1. The number of halogens is 1. The Labute approximate surface area is 191 Å². The van der Waals surface area contributed by atoms with Crippen molar-refractivity contribution in [2.45, 2.75) is 25.3 Å². The molecule has 0 aliphatic carbocycles. The van der Waals surface area contributed by atoms with Crippen molar-refractivity contribution in [3.63, 3.8) is 0 Å². The Morgan fingerprint density at radius 2 is 1.88 bits per heavy atom. The molecule has 0 saturated carbocycles. The lowest BCUT2D eigenvalue weighted by atomic mass is 9.90. The van der Waals surface area contributed by atoms with Gasteiger partial charge in [0.15, 0.2) is 0 Å². The maximum atomic E-state index is 13.7. The lowest BCUT2D eigenvalue weighted by Gasteiger charge is -2.15. The maximum Gasteiger partial charge on any atom is 0.303 e. The molecule has 1 atom stereocenters. The van der Waals surface area contributed by atoms with Gasteiger partial charge in [0.2, 0.25) is 5.91 Å². The lowest BCUT2D eigenvalue weighted by Crippen LogP contribution is -2.22. The highest BCUT2D eigenvalue weighted by Gasteiger charge is 2.35. The predicted octanol–water partition coefficient (Wildman–Crippen LogP) is 4.42. The van der Waals surface area contributed by atoms with Gasteiger partial charge in [-0.2, -0.15) is 0 Å². The minimum Gasteiger partial charge on any atom is -0.481 e. The second-order valence-corrected chi connectivity index (χ2v) is 7.94. The number of hydrogen-bond donors (Lipinski definition) is 3. The number of nitrogens with one attached hydrogen (secondary N) is 2. The molecule has 168 valence electrons. The molecular weight excluding hydrogens is 421 g/mol. The van der Waals surface area contributed by atoms with Crippen molar-refractivity contribution in [1.29, 1.82) is 0 Å². The van der Waals surface area contributed by atoms with E-state index in [1.807, 2.05) is 55.6 Å². The minimum atomic E-state index is -0.853. The van der Waals surface area contributed by atoms with Gasteiger partial charge in [0.1, 0.15) is 11.7 Å². The molecule has 4 rings (SSSR count). The molecule has 3 aromatic carbocycles. The van der Waals surface area contributed by atoms with Crippen LogP contribution < -0.4 is 10.6 Å². The first-order chi connectivity index (χ1) is 15.9. The monoisotopic (exact) mass is 445 g/mol. The highest BCUT2D eigenvalue weighted by atomic mass is 19.1. The summed E-state index contributed by atoms with van der Waals surface area (Å²) in [6, 6.07) is 19.4. The van der Waals surface area contributed by atoms with E-state index in [4.69, 9.17) is 10.1 Å². The highest BCUT2D eigenvalue weighted by Crippen LogP contribution is 2.36. The Balaban J connectivity index is 1.77. The van der Waals surface area contributed by atoms with Crippen LogP contribution in [0.3, 0.4) is 0 Å². The van der Waals surface area contributed by atoms with Gasteiger partial charge in [-0.1, -0.05) is 42.5 Å². The van der Waals surface area contributed by atoms with Crippen LogP contribution in [-0.4, -0.2) is 29.7 Å². The molecule has 0 saturated heterocycles. The minimum absolute atomic E-state index is 0.0442. The molecular formula is C26H24FN3O3. The van der Waals surface area contributed by atoms with E-state index in [2.05, 4.69) is 10.6 Å². The molecule has 33 heavy (non-hydrogen) atoms. The van der Waals surface area contributed by atoms with E-state index in [0.29, 0.717) is 35.6 Å². The van der Waals surface area contributed by atoms with Crippen LogP contribution in [0.25, 0.3) is 0 Å². The fourth-order valence-corrected chi connectivity index (χ4v) is 3.97. The number of fused-ring (bicyclic) bond motifs is 1. The van der Waals surface area contributed by atoms with Crippen LogP contribution in [-0.2, 0) is 22.6 Å². The summed E-state index contributed by atoms with van der Waals surface area (Å²) in [6.45, 7) is 0.684. The fraction of sp³-hybridized carbons (Fsp3) is 0.192. The summed E-state index contributed by atoms with van der Waals surface area (Å²) in [5.74, 6) is -2.24. The van der Waals surface area contributed by atoms with Gasteiger partial charge in [0.25, 0.3) is 0 Å². The summed E-state index contributed by atoms with van der Waals surface area (Å²) in [5.41, 5.74) is 5.04. The average molecular weight is 445 g/mol. The molecule has 0 fully saturated rings. The van der Waals surface area contributed by atoms with Crippen LogP contribution in [0.15, 0.2) is 71.7 Å². The first kappa shape index (κ1) is 22.4. The Morgan fingerprint density at radius 3 is 2.61 bits per heavy atom. The summed E-state index contributed by atoms with van der Waals surface area (Å²) in [6.07, 6.45) is 0.461. The molecule has 0 aromatic heterocycles. The molecule has 1 heterocycles. The number of aliphatic carboxylic acids is 1. The molecule has 1 aliphatic heterocycles. The van der Waals surface area contributed by atoms with Crippen molar-refractivity contribution >= 4 is 29.0 Å². The van der Waals surface area contributed by atoms with Crippen molar-refractivity contribution in [2.75, 3.05) is 12.4 Å². The van der Waals surface area contributed by atoms with E-state index in [1.165, 1.54) is 12.1 Å². The topological polar surface area (TPSA) is 90.8 Å². The molecule has 0 spiro atoms. The number of carboxylic acid groups (broad SMARTS) is 1. The van der Waals surface area contributed by atoms with Crippen molar-refractivity contribution in [3.05, 3.63) is 94.8 Å². The van der Waals surface area contributed by atoms with Crippen molar-refractivity contribution in [2.24, 2.45) is 4.99 Å². The van der Waals surface area contributed by atoms with Gasteiger partial charge in [-0.15, -0.1) is 0 Å². The van der Waals surface area contributed by atoms with Gasteiger partial charge in [-0.3, -0.25) is 14.6 Å². The van der Waals surface area contributed by atoms with E-state index >= 15 is 0 Å². The van der Waals surface area contributed by atoms with E-state index in [9.17, 15) is 14.0 Å². The summed E-state index contributed by atoms with van der Waals surface area (Å²) in [7, 11) is 1.87. The Morgan fingerprint density at radius 1 is 1.09 bits per heavy atom. The van der Waals surface area contributed by atoms with Crippen LogP contribution in [0.4, 0.5) is 15.8 Å². The third kappa shape index (κ3) is 5.15. The molecule has 7 heteroatoms. The third-order valence-corrected chi connectivity index (χ3v) is 5.54. The third-order valence-electron chi connectivity index (χ3n) is 5.54. The standard InChI is InChI=1S/C26H24FN3O3/c1-28-15-17-3-2-4-20(13-17)29-25(18-8-5-16(6-9-18)7-12-23(31)32)24-21-11-10-19(27)14-22(21)30-26(24)33/h2-6,8-11,13-14,24,28H,7,12,15H2,1H3,(H,30,33)(H,31,32). The molecule has 1 unspecified atom stereocenters. The number of amides is 1. The number of carbonyl (C=O) groups excluding carboxylic acids is 1. The van der Waals surface area contributed by atoms with Crippen molar-refractivity contribution < 1.29 is 19.1 Å². The first-order valence-electron chi connectivity index (χ1n) is 10.7. The fourth-order valence-electron chi connectivity index (χ4n) is 3.97. The van der Waals surface area contributed by atoms with E-state index < -0.39 is 17.7 Å². The van der Waals surface area contributed by atoms with Gasteiger partial charge >= 0.3 is 5.97 Å². The van der Waals surface area contributed by atoms with Crippen LogP contribution in [0.1, 0.15) is 34.6 Å². The average Bonchev–Trinajstić information content (AvgIpc) is 3.11. The Kier molecular flexibility index (Phi) is 6.60. The SMILES string of the molecule is CNCc1cccc(N=C(c2ccc(CCC(=O)O)cc2)C2C(=O)Nc3cc(F)ccc32)c1. The van der Waals surface area contributed by atoms with Crippen LogP contribution in [0, 0.1) is 5.82 Å². The van der Waals surface area contributed by atoms with E-state index in [0.717, 1.165) is 16.7 Å². The van der Waals surface area contributed by atoms with Gasteiger partial charge in [0.05, 0.1) is 11.4 Å². The van der Waals surface area contributed by atoms with Crippen molar-refractivity contribution in [3.8, 4) is 0 Å². The molecule has 6 nitrogen and oxygen atoms in total. The van der Waals surface area contributed by atoms with Crippen LogP contribution >= 0.6 is 0 Å². The van der Waals surface area contributed by atoms with Crippen LogP contribution in [0.2, 0.25) is 0 Å². The van der Waals surface area contributed by atoms with Gasteiger partial charge in [-0.05, 0) is 60.0 Å². The number of aryl methyl sites for hydroxylation is 1. The van der Waals surface area contributed by atoms with Gasteiger partial charge in [-0.25, -0.2) is 4.39 Å². The molecule has 3 N–H and O–H groups in total. The normalized spacial score (nSPS) is 15.3. The first-order valence-corrected chi connectivity index (χ1v) is 10.7. The second kappa shape index (κ2) is 9.75. The molecule has 1 amide bonds. The van der Waals surface area contributed by atoms with Crippen molar-refractivity contribution in [1.82, 2.24) is 5.32 Å². The number of rotatable bonds is 8. The number of benzene rings is 3. The van der Waals surface area contributed by atoms with Gasteiger partial charge < -0.3 is 15.7 Å². The molecule has 3 aromatic rings. The number of carbonyl (C=O) groups is 2.